The highest BCUT2D eigenvalue weighted by Gasteiger charge is 2.42. The minimum Gasteiger partial charge on any atom is -0.311 e. The number of hydrogen-bond donors (Lipinski definition) is 1. The Hall–Kier alpha value is -0.960. The summed E-state index contributed by atoms with van der Waals surface area (Å²) in [6, 6.07) is 0. The number of nitrogens with one attached hydrogen (secondary N) is 1. The molecule has 1 fully saturated rings. The van der Waals surface area contributed by atoms with Gasteiger partial charge in [0.2, 0.25) is 0 Å². The van der Waals surface area contributed by atoms with Crippen molar-refractivity contribution in [3.63, 3.8) is 0 Å². The SMILES string of the molecule is Cc1nc(C2(C)CC2)nc(C)c1C(C)CNC(C)(C)C. The summed E-state index contributed by atoms with van der Waals surface area (Å²) >= 11 is 0. The highest BCUT2D eigenvalue weighted by Crippen LogP contribution is 2.46. The zero-order valence-corrected chi connectivity index (χ0v) is 14.1. The van der Waals surface area contributed by atoms with Crippen LogP contribution in [-0.4, -0.2) is 22.1 Å². The Morgan fingerprint density at radius 1 is 1.15 bits per heavy atom. The van der Waals surface area contributed by atoms with E-state index in [4.69, 9.17) is 9.97 Å². The Kier molecular flexibility index (Phi) is 3.94. The number of nitrogens with zero attached hydrogens (tertiary/aromatic N) is 2. The van der Waals surface area contributed by atoms with Gasteiger partial charge in [-0.15, -0.1) is 0 Å². The molecule has 1 unspecified atom stereocenters. The monoisotopic (exact) mass is 275 g/mol. The zero-order valence-electron chi connectivity index (χ0n) is 14.1. The maximum atomic E-state index is 4.79. The molecule has 20 heavy (non-hydrogen) atoms. The van der Waals surface area contributed by atoms with Gasteiger partial charge in [0.1, 0.15) is 5.82 Å². The van der Waals surface area contributed by atoms with E-state index in [1.807, 2.05) is 0 Å². The summed E-state index contributed by atoms with van der Waals surface area (Å²) in [6.45, 7) is 16.4. The zero-order chi connectivity index (χ0) is 15.1. The van der Waals surface area contributed by atoms with Gasteiger partial charge in [-0.25, -0.2) is 9.97 Å². The van der Waals surface area contributed by atoms with Crippen molar-refractivity contribution >= 4 is 0 Å². The molecule has 0 spiro atoms. The van der Waals surface area contributed by atoms with E-state index in [-0.39, 0.29) is 11.0 Å². The van der Waals surface area contributed by atoms with Crippen LogP contribution in [-0.2, 0) is 5.41 Å². The van der Waals surface area contributed by atoms with Gasteiger partial charge in [0.05, 0.1) is 0 Å². The molecular formula is C17H29N3. The van der Waals surface area contributed by atoms with E-state index in [2.05, 4.69) is 53.8 Å². The van der Waals surface area contributed by atoms with E-state index in [0.717, 1.165) is 23.8 Å². The van der Waals surface area contributed by atoms with Crippen molar-refractivity contribution < 1.29 is 0 Å². The van der Waals surface area contributed by atoms with Crippen molar-refractivity contribution in [3.05, 3.63) is 22.8 Å². The van der Waals surface area contributed by atoms with Crippen LogP contribution in [0.15, 0.2) is 0 Å². The topological polar surface area (TPSA) is 37.8 Å². The fraction of sp³-hybridized carbons (Fsp3) is 0.765. The van der Waals surface area contributed by atoms with E-state index >= 15 is 0 Å². The molecule has 1 aromatic heterocycles. The average Bonchev–Trinajstić information content (AvgIpc) is 3.04. The van der Waals surface area contributed by atoms with Gasteiger partial charge in [0.15, 0.2) is 0 Å². The first-order valence-electron chi connectivity index (χ1n) is 7.73. The van der Waals surface area contributed by atoms with Crippen LogP contribution in [0.4, 0.5) is 0 Å². The van der Waals surface area contributed by atoms with Gasteiger partial charge in [-0.1, -0.05) is 13.8 Å². The molecule has 1 aliphatic rings. The van der Waals surface area contributed by atoms with Crippen molar-refractivity contribution in [2.45, 2.75) is 78.2 Å². The Morgan fingerprint density at radius 2 is 1.65 bits per heavy atom. The molecule has 0 aliphatic heterocycles. The van der Waals surface area contributed by atoms with Gasteiger partial charge >= 0.3 is 0 Å². The maximum absolute atomic E-state index is 4.79. The quantitative estimate of drug-likeness (QED) is 0.911. The summed E-state index contributed by atoms with van der Waals surface area (Å²) in [5.74, 6) is 1.49. The van der Waals surface area contributed by atoms with Crippen LogP contribution < -0.4 is 5.32 Å². The molecule has 1 aliphatic carbocycles. The predicted octanol–water partition coefficient (Wildman–Crippen LogP) is 3.64. The van der Waals surface area contributed by atoms with Crippen LogP contribution in [0.2, 0.25) is 0 Å². The molecule has 3 nitrogen and oxygen atoms in total. The number of rotatable bonds is 4. The molecule has 0 bridgehead atoms. The van der Waals surface area contributed by atoms with Gasteiger partial charge in [-0.3, -0.25) is 0 Å². The van der Waals surface area contributed by atoms with E-state index in [1.54, 1.807) is 0 Å². The van der Waals surface area contributed by atoms with Crippen molar-refractivity contribution in [1.29, 1.82) is 0 Å². The summed E-state index contributed by atoms with van der Waals surface area (Å²) < 4.78 is 0. The molecule has 1 heterocycles. The summed E-state index contributed by atoms with van der Waals surface area (Å²) in [6.07, 6.45) is 2.46. The van der Waals surface area contributed by atoms with Crippen molar-refractivity contribution in [1.82, 2.24) is 15.3 Å². The summed E-state index contributed by atoms with van der Waals surface area (Å²) in [5, 5.41) is 3.58. The van der Waals surface area contributed by atoms with Gasteiger partial charge < -0.3 is 5.32 Å². The fourth-order valence-electron chi connectivity index (χ4n) is 2.68. The number of aromatic nitrogens is 2. The Labute approximate surface area is 123 Å². The molecule has 0 radical (unpaired) electrons. The Bertz CT molecular complexity index is 472. The van der Waals surface area contributed by atoms with Crippen molar-refractivity contribution in [2.24, 2.45) is 0 Å². The lowest BCUT2D eigenvalue weighted by atomic mass is 9.96. The van der Waals surface area contributed by atoms with Crippen LogP contribution in [0.5, 0.6) is 0 Å². The van der Waals surface area contributed by atoms with Crippen LogP contribution in [0.1, 0.15) is 76.2 Å². The van der Waals surface area contributed by atoms with Crippen molar-refractivity contribution in [3.8, 4) is 0 Å². The minimum atomic E-state index is 0.151. The third kappa shape index (κ3) is 3.38. The average molecular weight is 275 g/mol. The van der Waals surface area contributed by atoms with E-state index < -0.39 is 0 Å². The van der Waals surface area contributed by atoms with Crippen molar-refractivity contribution in [2.75, 3.05) is 6.54 Å². The molecular weight excluding hydrogens is 246 g/mol. The van der Waals surface area contributed by atoms with Crippen LogP contribution in [0, 0.1) is 13.8 Å². The molecule has 1 saturated carbocycles. The van der Waals surface area contributed by atoms with Crippen LogP contribution in [0.25, 0.3) is 0 Å². The van der Waals surface area contributed by atoms with Crippen LogP contribution >= 0.6 is 0 Å². The standard InChI is InChI=1S/C17H29N3/c1-11(10-18-16(4,5)6)14-12(2)19-15(20-13(14)3)17(7)8-9-17/h11,18H,8-10H2,1-7H3. The number of hydrogen-bond acceptors (Lipinski definition) is 3. The van der Waals surface area contributed by atoms with Gasteiger partial charge in [0.25, 0.3) is 0 Å². The second-order valence-corrected chi connectivity index (χ2v) is 7.72. The van der Waals surface area contributed by atoms with Gasteiger partial charge in [-0.05, 0) is 58.9 Å². The Morgan fingerprint density at radius 3 is 2.05 bits per heavy atom. The Balaban J connectivity index is 2.19. The van der Waals surface area contributed by atoms with E-state index in [0.29, 0.717) is 5.92 Å². The van der Waals surface area contributed by atoms with Gasteiger partial charge in [-0.2, -0.15) is 0 Å². The van der Waals surface area contributed by atoms with Crippen LogP contribution in [0.3, 0.4) is 0 Å². The second-order valence-electron chi connectivity index (χ2n) is 7.72. The summed E-state index contributed by atoms with van der Waals surface area (Å²) in [7, 11) is 0. The number of aryl methyl sites for hydroxylation is 2. The lowest BCUT2D eigenvalue weighted by Gasteiger charge is -2.25. The first-order chi connectivity index (χ1) is 9.12. The lowest BCUT2D eigenvalue weighted by molar-refractivity contribution is 0.411. The second kappa shape index (κ2) is 5.10. The molecule has 0 amide bonds. The normalized spacial score (nSPS) is 18.9. The minimum absolute atomic E-state index is 0.151. The first kappa shape index (κ1) is 15.4. The summed E-state index contributed by atoms with van der Waals surface area (Å²) in [4.78, 5) is 9.59. The maximum Gasteiger partial charge on any atom is 0.134 e. The molecule has 1 N–H and O–H groups in total. The lowest BCUT2D eigenvalue weighted by Crippen LogP contribution is -2.38. The molecule has 0 aromatic carbocycles. The third-order valence-corrected chi connectivity index (χ3v) is 4.30. The molecule has 112 valence electrons. The third-order valence-electron chi connectivity index (χ3n) is 4.30. The highest BCUT2D eigenvalue weighted by molar-refractivity contribution is 5.31. The smallest absolute Gasteiger partial charge is 0.134 e. The molecule has 0 saturated heterocycles. The predicted molar refractivity (Wildman–Crippen MR) is 84.3 cm³/mol. The molecule has 1 atom stereocenters. The fourth-order valence-corrected chi connectivity index (χ4v) is 2.68. The largest absolute Gasteiger partial charge is 0.311 e. The van der Waals surface area contributed by atoms with E-state index in [9.17, 15) is 0 Å². The summed E-state index contributed by atoms with van der Waals surface area (Å²) in [5.41, 5.74) is 4.03. The first-order valence-corrected chi connectivity index (χ1v) is 7.73. The molecule has 1 aromatic rings. The van der Waals surface area contributed by atoms with E-state index in [1.165, 1.54) is 18.4 Å². The van der Waals surface area contributed by atoms with Gasteiger partial charge in [0, 0.05) is 28.9 Å². The molecule has 3 heteroatoms. The highest BCUT2D eigenvalue weighted by atomic mass is 15.0. The molecule has 2 rings (SSSR count).